The summed E-state index contributed by atoms with van der Waals surface area (Å²) >= 11 is 0. The molecule has 0 radical (unpaired) electrons. The van der Waals surface area contributed by atoms with Crippen LogP contribution in [0.5, 0.6) is 0 Å². The van der Waals surface area contributed by atoms with Crippen LogP contribution < -0.4 is 16.2 Å². The molecule has 0 unspecified atom stereocenters. The zero-order valence-electron chi connectivity index (χ0n) is 12.8. The molecule has 0 aliphatic heterocycles. The third kappa shape index (κ3) is 4.61. The number of aromatic nitrogens is 2. The number of rotatable bonds is 9. The lowest BCUT2D eigenvalue weighted by Crippen LogP contribution is -2.23. The van der Waals surface area contributed by atoms with Crippen molar-refractivity contribution in [2.45, 2.75) is 46.0 Å². The van der Waals surface area contributed by atoms with Gasteiger partial charge in [0.1, 0.15) is 17.5 Å². The first-order valence-electron chi connectivity index (χ1n) is 7.30. The Labute approximate surface area is 121 Å². The number of nitrogens with zero attached hydrogens (tertiary/aromatic N) is 3. The van der Waals surface area contributed by atoms with E-state index in [1.807, 2.05) is 14.0 Å². The maximum absolute atomic E-state index is 8.80. The summed E-state index contributed by atoms with van der Waals surface area (Å²) in [6.07, 6.45) is 4.77. The van der Waals surface area contributed by atoms with Gasteiger partial charge in [0.05, 0.1) is 0 Å². The molecule has 0 atom stereocenters. The van der Waals surface area contributed by atoms with Crippen LogP contribution >= 0.6 is 0 Å². The van der Waals surface area contributed by atoms with Crippen LogP contribution in [-0.2, 0) is 6.42 Å². The average Bonchev–Trinajstić information content (AvgIpc) is 2.45. The van der Waals surface area contributed by atoms with Gasteiger partial charge < -0.3 is 15.4 Å². The fourth-order valence-corrected chi connectivity index (χ4v) is 2.14. The highest BCUT2D eigenvalue weighted by Crippen LogP contribution is 2.23. The molecule has 0 fully saturated rings. The number of nitrogen functional groups attached to an aromatic ring is 1. The Morgan fingerprint density at radius 2 is 2.00 bits per heavy atom. The van der Waals surface area contributed by atoms with E-state index in [0.717, 1.165) is 55.9 Å². The van der Waals surface area contributed by atoms with Crippen LogP contribution in [0.4, 0.5) is 11.6 Å². The van der Waals surface area contributed by atoms with E-state index in [1.165, 1.54) is 0 Å². The Morgan fingerprint density at radius 3 is 2.60 bits per heavy atom. The van der Waals surface area contributed by atoms with Gasteiger partial charge in [-0.15, -0.1) is 0 Å². The fourth-order valence-electron chi connectivity index (χ4n) is 2.14. The minimum absolute atomic E-state index is 0.262. The molecule has 0 saturated carbocycles. The zero-order chi connectivity index (χ0) is 15.0. The van der Waals surface area contributed by atoms with Crippen molar-refractivity contribution in [1.29, 1.82) is 0 Å². The molecule has 0 aliphatic carbocycles. The van der Waals surface area contributed by atoms with Gasteiger partial charge in [0.15, 0.2) is 0 Å². The predicted octanol–water partition coefficient (Wildman–Crippen LogP) is 1.62. The zero-order valence-corrected chi connectivity index (χ0v) is 12.8. The van der Waals surface area contributed by atoms with Crippen LogP contribution in [-0.4, -0.2) is 35.3 Å². The largest absolute Gasteiger partial charge is 0.396 e. The monoisotopic (exact) mass is 281 g/mol. The predicted molar refractivity (Wildman–Crippen MR) is 82.8 cm³/mol. The van der Waals surface area contributed by atoms with Crippen molar-refractivity contribution in [3.8, 4) is 0 Å². The molecule has 0 amide bonds. The summed E-state index contributed by atoms with van der Waals surface area (Å²) in [5.74, 6) is 7.99. The Hall–Kier alpha value is -1.40. The summed E-state index contributed by atoms with van der Waals surface area (Å²) in [4.78, 5) is 11.2. The summed E-state index contributed by atoms with van der Waals surface area (Å²) in [5, 5.41) is 8.80. The molecular formula is C14H27N5O. The van der Waals surface area contributed by atoms with E-state index < -0.39 is 0 Å². The van der Waals surface area contributed by atoms with Gasteiger partial charge in [-0.25, -0.2) is 15.8 Å². The standard InChI is InChI=1S/C14H27N5O/c1-4-8-12-16-13(18-15)11(2)14(17-12)19(3)9-6-5-7-10-20/h20H,4-10,15H2,1-3H3,(H,16,17,18). The van der Waals surface area contributed by atoms with Crippen molar-refractivity contribution < 1.29 is 5.11 Å². The van der Waals surface area contributed by atoms with Crippen molar-refractivity contribution in [3.05, 3.63) is 11.4 Å². The van der Waals surface area contributed by atoms with Gasteiger partial charge in [0.2, 0.25) is 0 Å². The van der Waals surface area contributed by atoms with E-state index in [1.54, 1.807) is 0 Å². The lowest BCUT2D eigenvalue weighted by Gasteiger charge is -2.22. The first-order valence-corrected chi connectivity index (χ1v) is 7.30. The van der Waals surface area contributed by atoms with Crippen molar-refractivity contribution in [1.82, 2.24) is 9.97 Å². The van der Waals surface area contributed by atoms with Crippen LogP contribution in [0.2, 0.25) is 0 Å². The van der Waals surface area contributed by atoms with E-state index in [9.17, 15) is 0 Å². The van der Waals surface area contributed by atoms with E-state index >= 15 is 0 Å². The van der Waals surface area contributed by atoms with E-state index in [4.69, 9.17) is 10.9 Å². The first-order chi connectivity index (χ1) is 9.63. The summed E-state index contributed by atoms with van der Waals surface area (Å²) in [6.45, 7) is 5.26. The molecule has 0 spiro atoms. The molecular weight excluding hydrogens is 254 g/mol. The summed E-state index contributed by atoms with van der Waals surface area (Å²) < 4.78 is 0. The number of aryl methyl sites for hydroxylation is 1. The van der Waals surface area contributed by atoms with Crippen LogP contribution in [0.3, 0.4) is 0 Å². The number of nitrogens with two attached hydrogens (primary N) is 1. The van der Waals surface area contributed by atoms with E-state index in [-0.39, 0.29) is 6.61 Å². The molecule has 1 aromatic rings. The van der Waals surface area contributed by atoms with Crippen LogP contribution in [0.1, 0.15) is 44.0 Å². The number of hydrogen-bond acceptors (Lipinski definition) is 6. The van der Waals surface area contributed by atoms with Gasteiger partial charge in [-0.1, -0.05) is 6.92 Å². The van der Waals surface area contributed by atoms with E-state index in [2.05, 4.69) is 27.2 Å². The fraction of sp³-hybridized carbons (Fsp3) is 0.714. The number of unbranched alkanes of at least 4 members (excludes halogenated alkanes) is 2. The van der Waals surface area contributed by atoms with Gasteiger partial charge >= 0.3 is 0 Å². The molecule has 114 valence electrons. The number of anilines is 2. The molecule has 0 aromatic carbocycles. The molecule has 6 heteroatoms. The second-order valence-electron chi connectivity index (χ2n) is 5.04. The van der Waals surface area contributed by atoms with Crippen LogP contribution in [0.15, 0.2) is 0 Å². The highest BCUT2D eigenvalue weighted by Gasteiger charge is 2.13. The first kappa shape index (κ1) is 16.7. The summed E-state index contributed by atoms with van der Waals surface area (Å²) in [7, 11) is 2.03. The van der Waals surface area contributed by atoms with E-state index in [0.29, 0.717) is 5.82 Å². The molecule has 1 rings (SSSR count). The molecule has 1 aromatic heterocycles. The Morgan fingerprint density at radius 1 is 1.25 bits per heavy atom. The summed E-state index contributed by atoms with van der Waals surface area (Å²) in [6, 6.07) is 0. The molecule has 20 heavy (non-hydrogen) atoms. The quantitative estimate of drug-likeness (QED) is 0.362. The topological polar surface area (TPSA) is 87.3 Å². The van der Waals surface area contributed by atoms with Gasteiger partial charge in [-0.05, 0) is 32.6 Å². The molecule has 6 nitrogen and oxygen atoms in total. The van der Waals surface area contributed by atoms with Gasteiger partial charge in [0, 0.05) is 32.2 Å². The maximum Gasteiger partial charge on any atom is 0.148 e. The molecule has 0 bridgehead atoms. The smallest absolute Gasteiger partial charge is 0.148 e. The number of hydrazine groups is 1. The third-order valence-electron chi connectivity index (χ3n) is 3.29. The van der Waals surface area contributed by atoms with Gasteiger partial charge in [0.25, 0.3) is 0 Å². The normalized spacial score (nSPS) is 10.7. The number of aliphatic hydroxyl groups is 1. The Bertz CT molecular complexity index is 411. The Balaban J connectivity index is 2.82. The van der Waals surface area contributed by atoms with Crippen molar-refractivity contribution >= 4 is 11.6 Å². The maximum atomic E-state index is 8.80. The minimum Gasteiger partial charge on any atom is -0.396 e. The molecule has 0 aliphatic rings. The van der Waals surface area contributed by atoms with Gasteiger partial charge in [-0.2, -0.15) is 0 Å². The van der Waals surface area contributed by atoms with Crippen molar-refractivity contribution in [2.24, 2.45) is 5.84 Å². The second-order valence-corrected chi connectivity index (χ2v) is 5.04. The molecule has 1 heterocycles. The number of nitrogens with one attached hydrogen (secondary N) is 1. The molecule has 4 N–H and O–H groups in total. The highest BCUT2D eigenvalue weighted by atomic mass is 16.2. The van der Waals surface area contributed by atoms with Crippen LogP contribution in [0, 0.1) is 6.92 Å². The second kappa shape index (κ2) is 8.71. The number of hydrogen-bond donors (Lipinski definition) is 3. The third-order valence-corrected chi connectivity index (χ3v) is 3.29. The minimum atomic E-state index is 0.262. The number of aliphatic hydroxyl groups excluding tert-OH is 1. The summed E-state index contributed by atoms with van der Waals surface area (Å²) in [5.41, 5.74) is 3.62. The highest BCUT2D eigenvalue weighted by molar-refractivity contribution is 5.57. The SMILES string of the molecule is CCCc1nc(NN)c(C)c(N(C)CCCCCO)n1. The van der Waals surface area contributed by atoms with Crippen molar-refractivity contribution in [2.75, 3.05) is 30.5 Å². The average molecular weight is 281 g/mol. The van der Waals surface area contributed by atoms with Gasteiger partial charge in [-0.3, -0.25) is 0 Å². The lowest BCUT2D eigenvalue weighted by molar-refractivity contribution is 0.283. The Kier molecular flexibility index (Phi) is 7.25. The van der Waals surface area contributed by atoms with Crippen LogP contribution in [0.25, 0.3) is 0 Å². The van der Waals surface area contributed by atoms with Crippen molar-refractivity contribution in [3.63, 3.8) is 0 Å². The molecule has 0 saturated heterocycles. The lowest BCUT2D eigenvalue weighted by atomic mass is 10.2.